The van der Waals surface area contributed by atoms with Crippen molar-refractivity contribution in [3.8, 4) is 5.75 Å². The molecule has 1 aliphatic heterocycles. The summed E-state index contributed by atoms with van der Waals surface area (Å²) in [6, 6.07) is 10.1. The first-order valence-electron chi connectivity index (χ1n) is 8.04. The molecular weight excluding hydrogens is 248 g/mol. The molecule has 3 heteroatoms. The van der Waals surface area contributed by atoms with Gasteiger partial charge in [0.25, 0.3) is 0 Å². The first-order valence-corrected chi connectivity index (χ1v) is 8.04. The van der Waals surface area contributed by atoms with E-state index in [9.17, 15) is 0 Å². The third kappa shape index (κ3) is 3.74. The number of benzene rings is 1. The molecule has 0 bridgehead atoms. The fourth-order valence-corrected chi connectivity index (χ4v) is 2.91. The Morgan fingerprint density at radius 3 is 2.70 bits per heavy atom. The molecule has 0 amide bonds. The minimum atomic E-state index is 0.673. The Balaban J connectivity index is 1.41. The van der Waals surface area contributed by atoms with Crippen LogP contribution in [0.25, 0.3) is 0 Å². The largest absolute Gasteiger partial charge is 0.494 e. The lowest BCUT2D eigenvalue weighted by Crippen LogP contribution is -2.32. The van der Waals surface area contributed by atoms with Crippen LogP contribution in [0.4, 0.5) is 0 Å². The van der Waals surface area contributed by atoms with Crippen molar-refractivity contribution >= 4 is 0 Å². The summed E-state index contributed by atoms with van der Waals surface area (Å²) in [6.07, 6.45) is 5.20. The van der Waals surface area contributed by atoms with Gasteiger partial charge in [0.2, 0.25) is 0 Å². The van der Waals surface area contributed by atoms with Crippen LogP contribution in [0.3, 0.4) is 0 Å². The zero-order valence-electron chi connectivity index (χ0n) is 12.5. The Morgan fingerprint density at radius 2 is 2.00 bits per heavy atom. The lowest BCUT2D eigenvalue weighted by molar-refractivity contribution is 0.316. The van der Waals surface area contributed by atoms with E-state index in [0.29, 0.717) is 6.04 Å². The zero-order valence-corrected chi connectivity index (χ0v) is 12.5. The standard InChI is InChI=1S/C17H26N2O/c1-2-11-20-17-7-3-14(4-8-17)12-18-15-9-10-19(13-15)16-5-6-16/h3-4,7-8,15-16,18H,2,5-6,9-13H2,1H3. The highest BCUT2D eigenvalue weighted by atomic mass is 16.5. The molecule has 1 aliphatic carbocycles. The molecule has 2 fully saturated rings. The minimum absolute atomic E-state index is 0.673. The van der Waals surface area contributed by atoms with Crippen LogP contribution in [0, 0.1) is 0 Å². The van der Waals surface area contributed by atoms with E-state index in [1.165, 1.54) is 37.9 Å². The van der Waals surface area contributed by atoms with Gasteiger partial charge in [0, 0.05) is 31.7 Å². The van der Waals surface area contributed by atoms with Gasteiger partial charge in [-0.2, -0.15) is 0 Å². The highest BCUT2D eigenvalue weighted by Crippen LogP contribution is 2.29. The molecule has 1 aromatic rings. The summed E-state index contributed by atoms with van der Waals surface area (Å²) in [5.41, 5.74) is 1.35. The molecule has 1 saturated carbocycles. The summed E-state index contributed by atoms with van der Waals surface area (Å²) in [5.74, 6) is 0.983. The van der Waals surface area contributed by atoms with E-state index in [0.717, 1.165) is 31.4 Å². The van der Waals surface area contributed by atoms with Crippen LogP contribution in [0.1, 0.15) is 38.2 Å². The summed E-state index contributed by atoms with van der Waals surface area (Å²) in [7, 11) is 0. The molecule has 20 heavy (non-hydrogen) atoms. The van der Waals surface area contributed by atoms with Crippen molar-refractivity contribution in [1.29, 1.82) is 0 Å². The number of nitrogens with zero attached hydrogens (tertiary/aromatic N) is 1. The second-order valence-corrected chi connectivity index (χ2v) is 6.09. The number of hydrogen-bond donors (Lipinski definition) is 1. The van der Waals surface area contributed by atoms with E-state index in [-0.39, 0.29) is 0 Å². The second kappa shape index (κ2) is 6.59. The highest BCUT2D eigenvalue weighted by Gasteiger charge is 2.33. The number of nitrogens with one attached hydrogen (secondary N) is 1. The molecule has 0 radical (unpaired) electrons. The number of ether oxygens (including phenoxy) is 1. The third-order valence-electron chi connectivity index (χ3n) is 4.27. The van der Waals surface area contributed by atoms with E-state index in [1.54, 1.807) is 0 Å². The van der Waals surface area contributed by atoms with Crippen molar-refractivity contribution in [1.82, 2.24) is 10.2 Å². The molecule has 0 aromatic heterocycles. The van der Waals surface area contributed by atoms with Crippen molar-refractivity contribution in [3.63, 3.8) is 0 Å². The number of hydrogen-bond acceptors (Lipinski definition) is 3. The van der Waals surface area contributed by atoms with Gasteiger partial charge >= 0.3 is 0 Å². The van der Waals surface area contributed by atoms with Gasteiger partial charge in [0.1, 0.15) is 5.75 Å². The van der Waals surface area contributed by atoms with Gasteiger partial charge in [-0.25, -0.2) is 0 Å². The average molecular weight is 274 g/mol. The van der Waals surface area contributed by atoms with Gasteiger partial charge in [-0.1, -0.05) is 19.1 Å². The molecule has 110 valence electrons. The average Bonchev–Trinajstić information content (AvgIpc) is 3.23. The highest BCUT2D eigenvalue weighted by molar-refractivity contribution is 5.27. The van der Waals surface area contributed by atoms with Gasteiger partial charge in [0.15, 0.2) is 0 Å². The van der Waals surface area contributed by atoms with E-state index < -0.39 is 0 Å². The SMILES string of the molecule is CCCOc1ccc(CNC2CCN(C3CC3)C2)cc1. The molecule has 1 saturated heterocycles. The van der Waals surface area contributed by atoms with Gasteiger partial charge in [-0.15, -0.1) is 0 Å². The van der Waals surface area contributed by atoms with Gasteiger partial charge < -0.3 is 10.1 Å². The summed E-state index contributed by atoms with van der Waals surface area (Å²) in [6.45, 7) is 6.42. The maximum atomic E-state index is 5.61. The molecule has 3 rings (SSSR count). The fourth-order valence-electron chi connectivity index (χ4n) is 2.91. The normalized spacial score (nSPS) is 23.1. The van der Waals surface area contributed by atoms with Crippen LogP contribution in [-0.4, -0.2) is 36.7 Å². The third-order valence-corrected chi connectivity index (χ3v) is 4.27. The van der Waals surface area contributed by atoms with Gasteiger partial charge in [0.05, 0.1) is 6.61 Å². The molecule has 1 heterocycles. The van der Waals surface area contributed by atoms with Crippen LogP contribution in [-0.2, 0) is 6.54 Å². The number of rotatable bonds is 7. The molecule has 3 nitrogen and oxygen atoms in total. The summed E-state index contributed by atoms with van der Waals surface area (Å²) >= 11 is 0. The summed E-state index contributed by atoms with van der Waals surface area (Å²) < 4.78 is 5.61. The molecule has 0 spiro atoms. The Morgan fingerprint density at radius 1 is 1.20 bits per heavy atom. The molecular formula is C17H26N2O. The molecule has 1 atom stereocenters. The first-order chi connectivity index (χ1) is 9.85. The van der Waals surface area contributed by atoms with E-state index in [4.69, 9.17) is 4.74 Å². The fraction of sp³-hybridized carbons (Fsp3) is 0.647. The smallest absolute Gasteiger partial charge is 0.119 e. The molecule has 1 aromatic carbocycles. The van der Waals surface area contributed by atoms with Crippen LogP contribution in [0.2, 0.25) is 0 Å². The lowest BCUT2D eigenvalue weighted by atomic mass is 10.2. The Labute approximate surface area is 122 Å². The van der Waals surface area contributed by atoms with E-state index in [1.807, 2.05) is 0 Å². The zero-order chi connectivity index (χ0) is 13.8. The summed E-state index contributed by atoms with van der Waals surface area (Å²) in [4.78, 5) is 2.65. The van der Waals surface area contributed by atoms with Gasteiger partial charge in [-0.3, -0.25) is 4.90 Å². The predicted octanol–water partition coefficient (Wildman–Crippen LogP) is 2.80. The van der Waals surface area contributed by atoms with Crippen molar-refractivity contribution in [2.45, 2.75) is 51.2 Å². The Kier molecular flexibility index (Phi) is 4.58. The monoisotopic (exact) mass is 274 g/mol. The van der Waals surface area contributed by atoms with Crippen molar-refractivity contribution < 1.29 is 4.74 Å². The maximum Gasteiger partial charge on any atom is 0.119 e. The predicted molar refractivity (Wildman–Crippen MR) is 82.1 cm³/mol. The lowest BCUT2D eigenvalue weighted by Gasteiger charge is -2.16. The van der Waals surface area contributed by atoms with E-state index >= 15 is 0 Å². The molecule has 2 aliphatic rings. The molecule has 1 N–H and O–H groups in total. The Hall–Kier alpha value is -1.06. The van der Waals surface area contributed by atoms with Crippen molar-refractivity contribution in [2.75, 3.05) is 19.7 Å². The van der Waals surface area contributed by atoms with Crippen LogP contribution >= 0.6 is 0 Å². The van der Waals surface area contributed by atoms with Crippen molar-refractivity contribution in [3.05, 3.63) is 29.8 Å². The summed E-state index contributed by atoms with van der Waals surface area (Å²) in [5, 5.41) is 3.69. The second-order valence-electron chi connectivity index (χ2n) is 6.09. The topological polar surface area (TPSA) is 24.5 Å². The number of likely N-dealkylation sites (tertiary alicyclic amines) is 1. The Bertz CT molecular complexity index is 414. The van der Waals surface area contributed by atoms with Gasteiger partial charge in [-0.05, 0) is 43.4 Å². The quantitative estimate of drug-likeness (QED) is 0.827. The first kappa shape index (κ1) is 13.9. The van der Waals surface area contributed by atoms with Crippen LogP contribution < -0.4 is 10.1 Å². The maximum absolute atomic E-state index is 5.61. The minimum Gasteiger partial charge on any atom is -0.494 e. The van der Waals surface area contributed by atoms with Crippen LogP contribution in [0.5, 0.6) is 5.75 Å². The van der Waals surface area contributed by atoms with E-state index in [2.05, 4.69) is 41.4 Å². The van der Waals surface area contributed by atoms with Crippen LogP contribution in [0.15, 0.2) is 24.3 Å². The van der Waals surface area contributed by atoms with Crippen molar-refractivity contribution in [2.24, 2.45) is 0 Å². The molecule has 1 unspecified atom stereocenters.